The molecule has 2 heterocycles. The van der Waals surface area contributed by atoms with Crippen LogP contribution in [0.2, 0.25) is 5.02 Å². The highest BCUT2D eigenvalue weighted by Gasteiger charge is 2.24. The van der Waals surface area contributed by atoms with Gasteiger partial charge >= 0.3 is 5.97 Å². The van der Waals surface area contributed by atoms with Crippen molar-refractivity contribution in [2.45, 2.75) is 58.1 Å². The van der Waals surface area contributed by atoms with E-state index in [1.807, 2.05) is 25.1 Å². The number of ketones is 1. The fourth-order valence-electron chi connectivity index (χ4n) is 8.45. The number of carbonyl (C=O) groups excluding carboxylic acids is 2. The first kappa shape index (κ1) is 53.6. The highest BCUT2D eigenvalue weighted by molar-refractivity contribution is 7.80. The number of phenols is 1. The van der Waals surface area contributed by atoms with Crippen molar-refractivity contribution >= 4 is 63.2 Å². The zero-order valence-corrected chi connectivity index (χ0v) is 41.9. The maximum atomic E-state index is 12.7. The summed E-state index contributed by atoms with van der Waals surface area (Å²) in [7, 11) is 0. The van der Waals surface area contributed by atoms with Crippen molar-refractivity contribution in [2.75, 3.05) is 77.7 Å². The van der Waals surface area contributed by atoms with Crippen LogP contribution in [0.1, 0.15) is 69.5 Å². The molecule has 4 aromatic carbocycles. The lowest BCUT2D eigenvalue weighted by atomic mass is 9.90. The van der Waals surface area contributed by atoms with Crippen molar-refractivity contribution in [1.82, 2.24) is 15.5 Å². The number of carbonyl (C=O) groups is 3. The van der Waals surface area contributed by atoms with Gasteiger partial charge in [0.2, 0.25) is 0 Å². The number of nitrogens with zero attached hydrogens (tertiary/aromatic N) is 1. The van der Waals surface area contributed by atoms with E-state index in [4.69, 9.17) is 47.2 Å². The van der Waals surface area contributed by atoms with Crippen molar-refractivity contribution in [2.24, 2.45) is 0 Å². The number of carboxylic acids is 1. The zero-order chi connectivity index (χ0) is 50.8. The molecule has 1 atom stereocenters. The molecule has 1 amide bonds. The number of morpholine rings is 1. The fraction of sp³-hybridized carbons (Fsp3) is 0.364. The van der Waals surface area contributed by atoms with Crippen LogP contribution in [0.5, 0.6) is 5.75 Å². The van der Waals surface area contributed by atoms with Crippen LogP contribution in [0.3, 0.4) is 0 Å². The first-order valence-electron chi connectivity index (χ1n) is 24.2. The summed E-state index contributed by atoms with van der Waals surface area (Å²) in [5.74, 6) is -0.862. The Kier molecular flexibility index (Phi) is 20.1. The van der Waals surface area contributed by atoms with E-state index in [0.29, 0.717) is 142 Å². The van der Waals surface area contributed by atoms with Crippen LogP contribution in [-0.2, 0) is 36.7 Å². The molecule has 0 saturated carbocycles. The number of rotatable bonds is 26. The molecular formula is C55H61ClN4O11S. The molecule has 380 valence electrons. The minimum atomic E-state index is -1.16. The summed E-state index contributed by atoms with van der Waals surface area (Å²) >= 11 is 11.6. The Morgan fingerprint density at radius 3 is 2.25 bits per heavy atom. The monoisotopic (exact) mass is 1020 g/mol. The number of phenolic OH excluding ortho intramolecular Hbond substituents is 1. The number of hydrogen-bond acceptors (Lipinski definition) is 12. The third kappa shape index (κ3) is 15.9. The number of ether oxygens (including phenoxy) is 4. The minimum absolute atomic E-state index is 0.00758. The van der Waals surface area contributed by atoms with Gasteiger partial charge in [0.1, 0.15) is 22.9 Å². The van der Waals surface area contributed by atoms with E-state index >= 15 is 0 Å². The predicted molar refractivity (Wildman–Crippen MR) is 282 cm³/mol. The molecule has 1 aliphatic carbocycles. The Morgan fingerprint density at radius 2 is 1.51 bits per heavy atom. The normalized spacial score (nSPS) is 13.8. The lowest BCUT2D eigenvalue weighted by molar-refractivity contribution is -0.120. The third-order valence-electron chi connectivity index (χ3n) is 12.2. The fourth-order valence-corrected chi connectivity index (χ4v) is 8.79. The first-order valence-corrected chi connectivity index (χ1v) is 25.0. The van der Waals surface area contributed by atoms with Crippen LogP contribution in [-0.4, -0.2) is 116 Å². The average Bonchev–Trinajstić information content (AvgIpc) is 3.36. The molecule has 0 bridgehead atoms. The number of carboxylic acid groups (broad SMARTS) is 1. The number of aromatic carboxylic acids is 1. The summed E-state index contributed by atoms with van der Waals surface area (Å²) in [5, 5.41) is 31.1. The number of hydrogen-bond donors (Lipinski definition) is 5. The van der Waals surface area contributed by atoms with E-state index in [1.165, 1.54) is 35.9 Å². The molecule has 3 aliphatic rings. The molecule has 5 N–H and O–H groups in total. The van der Waals surface area contributed by atoms with Crippen LogP contribution < -0.4 is 21.4 Å². The first-order chi connectivity index (χ1) is 34.9. The van der Waals surface area contributed by atoms with E-state index in [2.05, 4.69) is 33.0 Å². The Hall–Kier alpha value is -6.24. The highest BCUT2D eigenvalue weighted by Crippen LogP contribution is 2.42. The SMILES string of the molecule is Cc1cc(CN2CCO[C@@H](CCC(=O)CCc3ccc(C(=O)NCCCOCCOCCOCCCNC(=S)Nc4ccc(-c5c6ccc(=O)cc-6oc6cc(O)ccc56)c(C(=O)O)c4)cc3)C2)ccc1Cl. The quantitative estimate of drug-likeness (QED) is 0.0196. The second kappa shape index (κ2) is 27.0. The smallest absolute Gasteiger partial charge is 0.336 e. The van der Waals surface area contributed by atoms with Crippen LogP contribution in [0.4, 0.5) is 5.69 Å². The van der Waals surface area contributed by atoms with E-state index in [0.717, 1.165) is 35.8 Å². The lowest BCUT2D eigenvalue weighted by Gasteiger charge is -2.33. The van der Waals surface area contributed by atoms with Crippen LogP contribution in [0, 0.1) is 6.92 Å². The summed E-state index contributed by atoms with van der Waals surface area (Å²) in [6.07, 6.45) is 3.64. The van der Waals surface area contributed by atoms with Gasteiger partial charge in [-0.25, -0.2) is 4.79 Å². The maximum Gasteiger partial charge on any atom is 0.336 e. The van der Waals surface area contributed by atoms with Crippen molar-refractivity contribution in [1.29, 1.82) is 0 Å². The number of amides is 1. The highest BCUT2D eigenvalue weighted by atomic mass is 35.5. The second-order valence-electron chi connectivity index (χ2n) is 17.6. The topological polar surface area (TPSA) is 198 Å². The van der Waals surface area contributed by atoms with Crippen molar-refractivity contribution < 1.29 is 48.0 Å². The number of aryl methyl sites for hydroxylation is 2. The van der Waals surface area contributed by atoms with Crippen LogP contribution in [0.25, 0.3) is 33.4 Å². The number of Topliss-reactive ketones (excluding diaryl/α,β-unsaturated/α-hetero) is 1. The third-order valence-corrected chi connectivity index (χ3v) is 12.9. The Balaban J connectivity index is 0.687. The zero-order valence-electron chi connectivity index (χ0n) is 40.3. The van der Waals surface area contributed by atoms with E-state index < -0.39 is 5.97 Å². The van der Waals surface area contributed by atoms with Crippen LogP contribution in [0.15, 0.2) is 106 Å². The molecule has 72 heavy (non-hydrogen) atoms. The van der Waals surface area contributed by atoms with Gasteiger partial charge in [0.15, 0.2) is 10.5 Å². The molecule has 0 radical (unpaired) electrons. The summed E-state index contributed by atoms with van der Waals surface area (Å²) in [6.45, 7) is 8.80. The van der Waals surface area contributed by atoms with Crippen molar-refractivity contribution in [3.8, 4) is 28.2 Å². The summed E-state index contributed by atoms with van der Waals surface area (Å²) in [6, 6.07) is 27.3. The molecule has 0 aromatic heterocycles. The number of fused-ring (bicyclic) bond motifs is 2. The molecule has 15 nitrogen and oxygen atoms in total. The van der Waals surface area contributed by atoms with Gasteiger partial charge in [-0.05, 0) is 122 Å². The summed E-state index contributed by atoms with van der Waals surface area (Å²) in [4.78, 5) is 52.5. The number of anilines is 1. The minimum Gasteiger partial charge on any atom is -0.508 e. The van der Waals surface area contributed by atoms with Crippen molar-refractivity contribution in [3.05, 3.63) is 140 Å². The van der Waals surface area contributed by atoms with Gasteiger partial charge in [-0.3, -0.25) is 19.3 Å². The summed E-state index contributed by atoms with van der Waals surface area (Å²) < 4.78 is 28.8. The van der Waals surface area contributed by atoms with Gasteiger partial charge in [0.05, 0.1) is 44.7 Å². The Morgan fingerprint density at radius 1 is 0.806 bits per heavy atom. The molecule has 2 aliphatic heterocycles. The number of aromatic hydroxyl groups is 1. The predicted octanol–water partition coefficient (Wildman–Crippen LogP) is 8.66. The number of halogens is 1. The molecule has 4 aromatic rings. The largest absolute Gasteiger partial charge is 0.508 e. The van der Waals surface area contributed by atoms with Crippen LogP contribution >= 0.6 is 23.8 Å². The van der Waals surface area contributed by atoms with Gasteiger partial charge in [-0.1, -0.05) is 41.9 Å². The molecular weight excluding hydrogens is 960 g/mol. The van der Waals surface area contributed by atoms with Gasteiger partial charge < -0.3 is 49.5 Å². The number of thiocarbonyl (C=S) groups is 1. The Labute approximate surface area is 429 Å². The van der Waals surface area contributed by atoms with Gasteiger partial charge in [0, 0.05) is 104 Å². The molecule has 0 spiro atoms. The molecule has 7 rings (SSSR count). The van der Waals surface area contributed by atoms with E-state index in [-0.39, 0.29) is 40.3 Å². The van der Waals surface area contributed by atoms with E-state index in [9.17, 15) is 29.4 Å². The van der Waals surface area contributed by atoms with Gasteiger partial charge in [-0.15, -0.1) is 0 Å². The molecule has 0 unspecified atom stereocenters. The lowest BCUT2D eigenvalue weighted by Crippen LogP contribution is -2.42. The standard InChI is InChI=1S/C55H61ClN4O11S/c1-36-30-38(7-19-49(36)56)34-60-22-25-70-44(35-60)15-12-41(61)11-6-37-4-8-39(9-5-37)53(64)57-20-2-23-67-26-28-69-29-27-68-24-3-21-58-55(72)59-40-10-16-45(48(31-40)54(65)66)52-46-17-13-42(62)32-50(46)71-51-33-43(63)14-18-47(51)52/h4-5,7-10,13-14,16-19,30-33,44,62H,2-3,6,11-12,15,20-29,34-35H2,1H3,(H,57,64)(H,65,66)(H2,58,59,72)/t44-/m0/s1. The van der Waals surface area contributed by atoms with Crippen molar-refractivity contribution in [3.63, 3.8) is 0 Å². The average molecular weight is 1020 g/mol. The summed E-state index contributed by atoms with van der Waals surface area (Å²) in [5.41, 5.74) is 5.91. The second-order valence-corrected chi connectivity index (χ2v) is 18.5. The molecule has 1 saturated heterocycles. The number of nitrogens with one attached hydrogen (secondary N) is 3. The Bertz CT molecular complexity index is 2840. The van der Waals surface area contributed by atoms with Gasteiger partial charge in [-0.2, -0.15) is 0 Å². The van der Waals surface area contributed by atoms with Gasteiger partial charge in [0.25, 0.3) is 5.91 Å². The maximum absolute atomic E-state index is 12.7. The molecule has 1 fully saturated rings. The van der Waals surface area contributed by atoms with E-state index in [1.54, 1.807) is 36.4 Å². The molecule has 17 heteroatoms. The number of benzene rings is 5.